The first-order valence-corrected chi connectivity index (χ1v) is 9.66. The summed E-state index contributed by atoms with van der Waals surface area (Å²) in [5.74, 6) is 0.943. The molecule has 0 unspecified atom stereocenters. The molecular weight excluding hydrogens is 366 g/mol. The van der Waals surface area contributed by atoms with Gasteiger partial charge in [-0.15, -0.1) is 0 Å². The van der Waals surface area contributed by atoms with Crippen molar-refractivity contribution in [3.8, 4) is 5.75 Å². The Morgan fingerprint density at radius 3 is 2.58 bits per heavy atom. The summed E-state index contributed by atoms with van der Waals surface area (Å²) in [6.45, 7) is 8.22. The molecule has 2 aromatic carbocycles. The Hall–Kier alpha value is -1.98. The molecule has 6 heteroatoms. The summed E-state index contributed by atoms with van der Waals surface area (Å²) < 4.78 is 5.76. The fourth-order valence-corrected chi connectivity index (χ4v) is 3.55. The number of para-hydroxylation sites is 2. The minimum Gasteiger partial charge on any atom is -0.492 e. The van der Waals surface area contributed by atoms with E-state index in [-0.39, 0.29) is 0 Å². The second-order valence-electron chi connectivity index (χ2n) is 6.22. The van der Waals surface area contributed by atoms with Gasteiger partial charge >= 0.3 is 0 Å². The molecule has 0 amide bonds. The van der Waals surface area contributed by atoms with E-state index in [2.05, 4.69) is 27.2 Å². The van der Waals surface area contributed by atoms with Crippen LogP contribution >= 0.6 is 23.8 Å². The van der Waals surface area contributed by atoms with Crippen LogP contribution in [0.5, 0.6) is 5.75 Å². The number of thiocarbonyl (C=S) groups is 1. The lowest BCUT2D eigenvalue weighted by Gasteiger charge is -2.38. The molecule has 1 heterocycles. The van der Waals surface area contributed by atoms with Gasteiger partial charge < -0.3 is 19.9 Å². The van der Waals surface area contributed by atoms with Crippen LogP contribution in [0.3, 0.4) is 0 Å². The van der Waals surface area contributed by atoms with Crippen molar-refractivity contribution < 1.29 is 4.74 Å². The molecule has 0 spiro atoms. The van der Waals surface area contributed by atoms with E-state index in [1.807, 2.05) is 44.2 Å². The highest BCUT2D eigenvalue weighted by molar-refractivity contribution is 7.80. The molecule has 1 fully saturated rings. The number of anilines is 2. The lowest BCUT2D eigenvalue weighted by atomic mass is 10.2. The maximum absolute atomic E-state index is 6.20. The van der Waals surface area contributed by atoms with Gasteiger partial charge in [-0.3, -0.25) is 0 Å². The minimum atomic E-state index is 0.671. The zero-order valence-electron chi connectivity index (χ0n) is 15.2. The number of hydrogen-bond donors (Lipinski definition) is 1. The van der Waals surface area contributed by atoms with Crippen LogP contribution in [-0.2, 0) is 0 Å². The van der Waals surface area contributed by atoms with E-state index in [0.29, 0.717) is 6.61 Å². The normalized spacial score (nSPS) is 14.3. The summed E-state index contributed by atoms with van der Waals surface area (Å²) in [4.78, 5) is 4.56. The van der Waals surface area contributed by atoms with Crippen molar-refractivity contribution in [3.63, 3.8) is 0 Å². The van der Waals surface area contributed by atoms with Crippen LogP contribution in [0.1, 0.15) is 12.5 Å². The third kappa shape index (κ3) is 4.22. The van der Waals surface area contributed by atoms with Gasteiger partial charge in [0.1, 0.15) is 5.75 Å². The third-order valence-corrected chi connectivity index (χ3v) is 5.35. The van der Waals surface area contributed by atoms with Crippen molar-refractivity contribution in [1.82, 2.24) is 4.90 Å². The van der Waals surface area contributed by atoms with Gasteiger partial charge in [0.25, 0.3) is 0 Å². The zero-order valence-corrected chi connectivity index (χ0v) is 16.7. The van der Waals surface area contributed by atoms with E-state index in [1.54, 1.807) is 0 Å². The molecule has 1 aliphatic heterocycles. The van der Waals surface area contributed by atoms with E-state index >= 15 is 0 Å². The second-order valence-corrected chi connectivity index (χ2v) is 7.01. The second kappa shape index (κ2) is 8.60. The number of rotatable bonds is 4. The number of nitrogens with zero attached hydrogens (tertiary/aromatic N) is 2. The highest BCUT2D eigenvalue weighted by Gasteiger charge is 2.21. The lowest BCUT2D eigenvalue weighted by Crippen LogP contribution is -2.50. The maximum atomic E-state index is 6.20. The fourth-order valence-electron chi connectivity index (χ4n) is 3.08. The number of hydrogen-bond acceptors (Lipinski definition) is 3. The van der Waals surface area contributed by atoms with Crippen LogP contribution in [0.2, 0.25) is 5.02 Å². The number of halogens is 1. The number of nitrogens with one attached hydrogen (secondary N) is 1. The van der Waals surface area contributed by atoms with Crippen LogP contribution in [0.4, 0.5) is 11.4 Å². The molecule has 0 bridgehead atoms. The van der Waals surface area contributed by atoms with E-state index in [0.717, 1.165) is 59.0 Å². The Bertz CT molecular complexity index is 775. The summed E-state index contributed by atoms with van der Waals surface area (Å²) in [6.07, 6.45) is 0. The van der Waals surface area contributed by atoms with Crippen LogP contribution in [-0.4, -0.2) is 42.8 Å². The van der Waals surface area contributed by atoms with E-state index in [4.69, 9.17) is 28.6 Å². The zero-order chi connectivity index (χ0) is 18.5. The largest absolute Gasteiger partial charge is 0.492 e. The average molecular weight is 390 g/mol. The van der Waals surface area contributed by atoms with Crippen LogP contribution in [0.25, 0.3) is 0 Å². The summed E-state index contributed by atoms with van der Waals surface area (Å²) >= 11 is 11.8. The lowest BCUT2D eigenvalue weighted by molar-refractivity contribution is 0.336. The quantitative estimate of drug-likeness (QED) is 0.773. The first-order valence-electron chi connectivity index (χ1n) is 8.88. The highest BCUT2D eigenvalue weighted by Crippen LogP contribution is 2.29. The van der Waals surface area contributed by atoms with Crippen LogP contribution in [0, 0.1) is 6.92 Å². The van der Waals surface area contributed by atoms with Crippen molar-refractivity contribution in [2.24, 2.45) is 0 Å². The summed E-state index contributed by atoms with van der Waals surface area (Å²) in [5, 5.41) is 4.83. The molecule has 0 saturated carbocycles. The van der Waals surface area contributed by atoms with Crippen molar-refractivity contribution >= 4 is 40.3 Å². The van der Waals surface area contributed by atoms with Crippen molar-refractivity contribution in [2.45, 2.75) is 13.8 Å². The predicted octanol–water partition coefficient (Wildman–Crippen LogP) is 4.57. The molecule has 0 aliphatic carbocycles. The predicted molar refractivity (Wildman–Crippen MR) is 114 cm³/mol. The Morgan fingerprint density at radius 2 is 1.85 bits per heavy atom. The van der Waals surface area contributed by atoms with Gasteiger partial charge in [0, 0.05) is 36.9 Å². The van der Waals surface area contributed by atoms with E-state index in [1.165, 1.54) is 0 Å². The molecule has 4 nitrogen and oxygen atoms in total. The Kier molecular flexibility index (Phi) is 6.22. The molecule has 0 radical (unpaired) electrons. The van der Waals surface area contributed by atoms with Gasteiger partial charge in [-0.2, -0.15) is 0 Å². The number of benzene rings is 2. The van der Waals surface area contributed by atoms with Gasteiger partial charge in [0.05, 0.1) is 12.3 Å². The molecule has 138 valence electrons. The summed E-state index contributed by atoms with van der Waals surface area (Å²) in [7, 11) is 0. The topological polar surface area (TPSA) is 27.7 Å². The van der Waals surface area contributed by atoms with E-state index in [9.17, 15) is 0 Å². The van der Waals surface area contributed by atoms with Gasteiger partial charge in [-0.25, -0.2) is 0 Å². The number of piperazine rings is 1. The summed E-state index contributed by atoms with van der Waals surface area (Å²) in [5.41, 5.74) is 3.13. The highest BCUT2D eigenvalue weighted by atomic mass is 35.5. The van der Waals surface area contributed by atoms with Gasteiger partial charge in [0.2, 0.25) is 0 Å². The molecule has 1 saturated heterocycles. The Labute approximate surface area is 165 Å². The van der Waals surface area contributed by atoms with Gasteiger partial charge in [0.15, 0.2) is 5.11 Å². The third-order valence-electron chi connectivity index (χ3n) is 4.58. The van der Waals surface area contributed by atoms with Crippen LogP contribution in [0.15, 0.2) is 42.5 Å². The standard InChI is InChI=1S/C20H24ClN3OS/c1-3-25-19-10-5-4-9-18(19)23-11-13-24(14-12-23)20(26)22-17-8-6-7-16(21)15(17)2/h4-10H,3,11-14H2,1-2H3,(H,22,26). The first kappa shape index (κ1) is 18.8. The van der Waals surface area contributed by atoms with Crippen molar-refractivity contribution in [1.29, 1.82) is 0 Å². The number of ether oxygens (including phenoxy) is 1. The molecule has 0 aromatic heterocycles. The van der Waals surface area contributed by atoms with Crippen molar-refractivity contribution in [2.75, 3.05) is 43.0 Å². The summed E-state index contributed by atoms with van der Waals surface area (Å²) in [6, 6.07) is 14.0. The van der Waals surface area contributed by atoms with Gasteiger partial charge in [-0.1, -0.05) is 29.8 Å². The smallest absolute Gasteiger partial charge is 0.173 e. The van der Waals surface area contributed by atoms with Crippen LogP contribution < -0.4 is 15.0 Å². The SMILES string of the molecule is CCOc1ccccc1N1CCN(C(=S)Nc2cccc(Cl)c2C)CC1. The molecule has 1 aliphatic rings. The molecule has 3 rings (SSSR count). The fraction of sp³-hybridized carbons (Fsp3) is 0.350. The Morgan fingerprint density at radius 1 is 1.12 bits per heavy atom. The van der Waals surface area contributed by atoms with E-state index < -0.39 is 0 Å². The average Bonchev–Trinajstić information content (AvgIpc) is 2.66. The Balaban J connectivity index is 1.62. The molecular formula is C20H24ClN3OS. The molecule has 26 heavy (non-hydrogen) atoms. The monoisotopic (exact) mass is 389 g/mol. The molecule has 1 N–H and O–H groups in total. The van der Waals surface area contributed by atoms with Gasteiger partial charge in [-0.05, 0) is 55.9 Å². The minimum absolute atomic E-state index is 0.671. The molecule has 0 atom stereocenters. The maximum Gasteiger partial charge on any atom is 0.173 e. The molecule has 2 aromatic rings. The van der Waals surface area contributed by atoms with Crippen molar-refractivity contribution in [3.05, 3.63) is 53.1 Å². The first-order chi connectivity index (χ1) is 12.6.